The maximum Gasteiger partial charge on any atom is 0.226 e. The maximum atomic E-state index is 13.2. The standard InChI is InChI=1S/C20H34N4O2/c1-4-16(5-2)20(25)24-11-12-26-18(15-23-9-7-6-8-10-23)19(24)17-13-21-22(3)14-17/h13-14,16,18-19H,4-12,15H2,1-3H3/t18-,19-/m0/s1. The molecule has 1 aromatic heterocycles. The second-order valence-corrected chi connectivity index (χ2v) is 7.71. The van der Waals surface area contributed by atoms with E-state index in [0.717, 1.165) is 38.0 Å². The fourth-order valence-corrected chi connectivity index (χ4v) is 4.39. The van der Waals surface area contributed by atoms with Crippen molar-refractivity contribution in [3.63, 3.8) is 0 Å². The molecule has 6 heteroatoms. The summed E-state index contributed by atoms with van der Waals surface area (Å²) < 4.78 is 8.03. The number of piperidine rings is 1. The van der Waals surface area contributed by atoms with Gasteiger partial charge in [0.15, 0.2) is 0 Å². The second-order valence-electron chi connectivity index (χ2n) is 7.71. The molecule has 2 aliphatic rings. The molecule has 2 aliphatic heterocycles. The normalized spacial score (nSPS) is 25.0. The van der Waals surface area contributed by atoms with Gasteiger partial charge in [0.05, 0.1) is 24.9 Å². The van der Waals surface area contributed by atoms with Gasteiger partial charge in [0, 0.05) is 37.8 Å². The minimum Gasteiger partial charge on any atom is -0.373 e. The van der Waals surface area contributed by atoms with Crippen LogP contribution >= 0.6 is 0 Å². The Hall–Kier alpha value is -1.40. The first kappa shape index (κ1) is 19.4. The van der Waals surface area contributed by atoms with Crippen LogP contribution in [0.1, 0.15) is 57.6 Å². The monoisotopic (exact) mass is 362 g/mol. The zero-order valence-corrected chi connectivity index (χ0v) is 16.6. The first-order valence-corrected chi connectivity index (χ1v) is 10.3. The Kier molecular flexibility index (Phi) is 6.70. The van der Waals surface area contributed by atoms with Gasteiger partial charge in [0.25, 0.3) is 0 Å². The largest absolute Gasteiger partial charge is 0.373 e. The molecule has 146 valence electrons. The number of likely N-dealkylation sites (tertiary alicyclic amines) is 1. The van der Waals surface area contributed by atoms with E-state index in [0.29, 0.717) is 13.2 Å². The molecule has 0 aliphatic carbocycles. The van der Waals surface area contributed by atoms with E-state index >= 15 is 0 Å². The lowest BCUT2D eigenvalue weighted by Gasteiger charge is -2.44. The average Bonchev–Trinajstić information content (AvgIpc) is 3.09. The van der Waals surface area contributed by atoms with Crippen LogP contribution in [0.4, 0.5) is 0 Å². The van der Waals surface area contributed by atoms with Gasteiger partial charge in [-0.25, -0.2) is 0 Å². The van der Waals surface area contributed by atoms with Gasteiger partial charge >= 0.3 is 0 Å². The van der Waals surface area contributed by atoms with Crippen LogP contribution in [0, 0.1) is 5.92 Å². The molecule has 2 saturated heterocycles. The van der Waals surface area contributed by atoms with Crippen molar-refractivity contribution in [2.75, 3.05) is 32.8 Å². The van der Waals surface area contributed by atoms with Crippen molar-refractivity contribution in [2.45, 2.75) is 58.1 Å². The van der Waals surface area contributed by atoms with Gasteiger partial charge in [-0.15, -0.1) is 0 Å². The summed E-state index contributed by atoms with van der Waals surface area (Å²) in [5.41, 5.74) is 1.09. The fraction of sp³-hybridized carbons (Fsp3) is 0.800. The lowest BCUT2D eigenvalue weighted by Crippen LogP contribution is -2.53. The molecule has 0 N–H and O–H groups in total. The van der Waals surface area contributed by atoms with E-state index in [4.69, 9.17) is 4.74 Å². The Balaban J connectivity index is 1.83. The summed E-state index contributed by atoms with van der Waals surface area (Å²) in [4.78, 5) is 17.8. The van der Waals surface area contributed by atoms with E-state index in [-0.39, 0.29) is 24.0 Å². The van der Waals surface area contributed by atoms with Gasteiger partial charge in [-0.1, -0.05) is 20.3 Å². The summed E-state index contributed by atoms with van der Waals surface area (Å²) in [6, 6.07) is -0.0347. The summed E-state index contributed by atoms with van der Waals surface area (Å²) in [6.07, 6.45) is 9.59. The highest BCUT2D eigenvalue weighted by Crippen LogP contribution is 2.32. The molecule has 1 aromatic rings. The zero-order valence-electron chi connectivity index (χ0n) is 16.6. The molecule has 0 saturated carbocycles. The number of hydrogen-bond donors (Lipinski definition) is 0. The first-order valence-electron chi connectivity index (χ1n) is 10.3. The number of amides is 1. The van der Waals surface area contributed by atoms with Crippen molar-refractivity contribution in [2.24, 2.45) is 13.0 Å². The van der Waals surface area contributed by atoms with E-state index in [1.807, 2.05) is 24.1 Å². The third kappa shape index (κ3) is 4.29. The number of nitrogens with zero attached hydrogens (tertiary/aromatic N) is 4. The summed E-state index contributed by atoms with van der Waals surface area (Å²) in [6.45, 7) is 8.69. The van der Waals surface area contributed by atoms with E-state index in [1.54, 1.807) is 0 Å². The quantitative estimate of drug-likeness (QED) is 0.781. The van der Waals surface area contributed by atoms with Crippen LogP contribution in [0.5, 0.6) is 0 Å². The van der Waals surface area contributed by atoms with Crippen LogP contribution in [0.15, 0.2) is 12.4 Å². The highest BCUT2D eigenvalue weighted by molar-refractivity contribution is 5.79. The Morgan fingerprint density at radius 3 is 2.58 bits per heavy atom. The summed E-state index contributed by atoms with van der Waals surface area (Å²) in [7, 11) is 1.93. The second kappa shape index (κ2) is 9.00. The van der Waals surface area contributed by atoms with E-state index in [1.165, 1.54) is 19.3 Å². The molecule has 0 bridgehead atoms. The van der Waals surface area contributed by atoms with Crippen molar-refractivity contribution >= 4 is 5.91 Å². The number of rotatable bonds is 6. The SMILES string of the molecule is CCC(CC)C(=O)N1CCO[C@@H](CN2CCCCC2)[C@@H]1c1cnn(C)c1. The molecule has 3 rings (SSSR count). The van der Waals surface area contributed by atoms with Crippen LogP contribution in [0.25, 0.3) is 0 Å². The summed E-state index contributed by atoms with van der Waals surface area (Å²) in [5, 5.41) is 4.36. The minimum absolute atomic E-state index is 0.0179. The van der Waals surface area contributed by atoms with Crippen molar-refractivity contribution in [1.29, 1.82) is 0 Å². The first-order chi connectivity index (χ1) is 12.6. The molecule has 3 heterocycles. The number of aromatic nitrogens is 2. The van der Waals surface area contributed by atoms with Gasteiger partial charge < -0.3 is 14.5 Å². The summed E-state index contributed by atoms with van der Waals surface area (Å²) in [5.74, 6) is 0.374. The Morgan fingerprint density at radius 1 is 1.23 bits per heavy atom. The Labute approximate surface area is 157 Å². The smallest absolute Gasteiger partial charge is 0.226 e. The van der Waals surface area contributed by atoms with Gasteiger partial charge in [-0.3, -0.25) is 9.48 Å². The van der Waals surface area contributed by atoms with Crippen LogP contribution in [0.3, 0.4) is 0 Å². The molecule has 1 amide bonds. The molecule has 2 atom stereocenters. The molecule has 0 radical (unpaired) electrons. The highest BCUT2D eigenvalue weighted by atomic mass is 16.5. The molecule has 0 spiro atoms. The maximum absolute atomic E-state index is 13.2. The topological polar surface area (TPSA) is 50.6 Å². The molecule has 0 aromatic carbocycles. The van der Waals surface area contributed by atoms with Crippen molar-refractivity contribution < 1.29 is 9.53 Å². The minimum atomic E-state index is -0.0347. The zero-order chi connectivity index (χ0) is 18.5. The number of carbonyl (C=O) groups excluding carboxylic acids is 1. The molecular weight excluding hydrogens is 328 g/mol. The lowest BCUT2D eigenvalue weighted by molar-refractivity contribution is -0.153. The van der Waals surface area contributed by atoms with Crippen molar-refractivity contribution in [3.05, 3.63) is 18.0 Å². The van der Waals surface area contributed by atoms with Crippen LogP contribution in [-0.4, -0.2) is 64.4 Å². The van der Waals surface area contributed by atoms with Crippen LogP contribution in [-0.2, 0) is 16.6 Å². The Bertz CT molecular complexity index is 578. The highest BCUT2D eigenvalue weighted by Gasteiger charge is 2.39. The van der Waals surface area contributed by atoms with Crippen LogP contribution < -0.4 is 0 Å². The van der Waals surface area contributed by atoms with Crippen molar-refractivity contribution in [3.8, 4) is 0 Å². The average molecular weight is 363 g/mol. The van der Waals surface area contributed by atoms with E-state index in [9.17, 15) is 4.79 Å². The third-order valence-corrected chi connectivity index (χ3v) is 5.92. The van der Waals surface area contributed by atoms with Gasteiger partial charge in [0.1, 0.15) is 0 Å². The van der Waals surface area contributed by atoms with Crippen LogP contribution in [0.2, 0.25) is 0 Å². The predicted molar refractivity (Wildman–Crippen MR) is 102 cm³/mol. The molecular formula is C20H34N4O2. The molecule has 6 nitrogen and oxygen atoms in total. The van der Waals surface area contributed by atoms with Gasteiger partial charge in [-0.05, 0) is 38.8 Å². The van der Waals surface area contributed by atoms with Crippen molar-refractivity contribution in [1.82, 2.24) is 19.6 Å². The number of hydrogen-bond acceptors (Lipinski definition) is 4. The number of ether oxygens (including phenoxy) is 1. The van der Waals surface area contributed by atoms with E-state index in [2.05, 4.69) is 28.7 Å². The number of aryl methyl sites for hydroxylation is 1. The van der Waals surface area contributed by atoms with E-state index < -0.39 is 0 Å². The number of morpholine rings is 1. The van der Waals surface area contributed by atoms with Gasteiger partial charge in [0.2, 0.25) is 5.91 Å². The molecule has 0 unspecified atom stereocenters. The molecule has 2 fully saturated rings. The fourth-order valence-electron chi connectivity index (χ4n) is 4.39. The molecule has 26 heavy (non-hydrogen) atoms. The summed E-state index contributed by atoms with van der Waals surface area (Å²) >= 11 is 0. The third-order valence-electron chi connectivity index (χ3n) is 5.92. The predicted octanol–water partition coefficient (Wildman–Crippen LogP) is 2.61. The number of carbonyl (C=O) groups is 1. The van der Waals surface area contributed by atoms with Gasteiger partial charge in [-0.2, -0.15) is 5.10 Å². The lowest BCUT2D eigenvalue weighted by atomic mass is 9.95. The Morgan fingerprint density at radius 2 is 1.96 bits per heavy atom.